The van der Waals surface area contributed by atoms with Gasteiger partial charge in [0.1, 0.15) is 10.7 Å². The molecule has 1 aromatic heterocycles. The lowest BCUT2D eigenvalue weighted by Crippen LogP contribution is -2.47. The number of anilines is 2. The van der Waals surface area contributed by atoms with Crippen LogP contribution in [0.1, 0.15) is 39.3 Å². The van der Waals surface area contributed by atoms with Gasteiger partial charge in [-0.2, -0.15) is 5.10 Å². The first-order valence-electron chi connectivity index (χ1n) is 13.2. The van der Waals surface area contributed by atoms with E-state index in [2.05, 4.69) is 36.3 Å². The van der Waals surface area contributed by atoms with E-state index in [0.29, 0.717) is 27.2 Å². The SMILES string of the molecule is CC(C)(C)N1CCC(OCc2nn(-c3ccccc3)c(NC(=O)Nc3ccc(Cl)c4ccccc34)c2Cl)CC1. The highest BCUT2D eigenvalue weighted by molar-refractivity contribution is 6.36. The zero-order chi connectivity index (χ0) is 27.6. The number of piperidine rings is 1. The average molecular weight is 567 g/mol. The molecular weight excluding hydrogens is 533 g/mol. The number of nitrogens with zero attached hydrogens (tertiary/aromatic N) is 3. The topological polar surface area (TPSA) is 71.4 Å². The number of urea groups is 1. The number of benzene rings is 3. The van der Waals surface area contributed by atoms with Gasteiger partial charge in [-0.3, -0.25) is 10.2 Å². The Bertz CT molecular complexity index is 1460. The predicted molar refractivity (Wildman–Crippen MR) is 159 cm³/mol. The van der Waals surface area contributed by atoms with Crippen LogP contribution >= 0.6 is 23.2 Å². The lowest BCUT2D eigenvalue weighted by atomic mass is 9.99. The average Bonchev–Trinajstić information content (AvgIpc) is 3.24. The molecule has 1 aliphatic rings. The number of halogens is 2. The van der Waals surface area contributed by atoms with Crippen LogP contribution in [0.3, 0.4) is 0 Å². The normalized spacial score (nSPS) is 15.0. The van der Waals surface area contributed by atoms with Crippen molar-refractivity contribution in [3.05, 3.63) is 82.5 Å². The number of para-hydroxylation sites is 1. The van der Waals surface area contributed by atoms with Gasteiger partial charge in [-0.1, -0.05) is 65.7 Å². The van der Waals surface area contributed by atoms with E-state index in [1.165, 1.54) is 0 Å². The highest BCUT2D eigenvalue weighted by atomic mass is 35.5. The van der Waals surface area contributed by atoms with Crippen molar-refractivity contribution in [1.82, 2.24) is 14.7 Å². The Hall–Kier alpha value is -3.10. The van der Waals surface area contributed by atoms with Crippen LogP contribution in [0.4, 0.5) is 16.3 Å². The molecule has 2 heterocycles. The van der Waals surface area contributed by atoms with Gasteiger partial charge in [-0.25, -0.2) is 9.48 Å². The Kier molecular flexibility index (Phi) is 8.14. The van der Waals surface area contributed by atoms with Gasteiger partial charge in [0.2, 0.25) is 0 Å². The summed E-state index contributed by atoms with van der Waals surface area (Å²) in [5.41, 5.74) is 2.14. The zero-order valence-corrected chi connectivity index (χ0v) is 23.9. The minimum absolute atomic E-state index is 0.138. The molecule has 204 valence electrons. The van der Waals surface area contributed by atoms with E-state index in [0.717, 1.165) is 42.4 Å². The van der Waals surface area contributed by atoms with Gasteiger partial charge in [-0.15, -0.1) is 0 Å². The van der Waals surface area contributed by atoms with Crippen LogP contribution in [-0.2, 0) is 11.3 Å². The van der Waals surface area contributed by atoms with Gasteiger partial charge in [0.25, 0.3) is 0 Å². The standard InChI is InChI=1S/C30H33Cl2N5O2/c1-30(2,3)36-17-15-21(16-18-36)39-19-26-27(32)28(37(35-26)20-9-5-4-6-10-20)34-29(38)33-25-14-13-24(31)22-11-7-8-12-23(22)25/h4-14,21H,15-19H2,1-3H3,(H2,33,34,38). The van der Waals surface area contributed by atoms with Crippen LogP contribution in [0, 0.1) is 0 Å². The van der Waals surface area contributed by atoms with E-state index < -0.39 is 6.03 Å². The van der Waals surface area contributed by atoms with Crippen LogP contribution in [0.5, 0.6) is 0 Å². The molecular formula is C30H33Cl2N5O2. The fourth-order valence-electron chi connectivity index (χ4n) is 4.92. The predicted octanol–water partition coefficient (Wildman–Crippen LogP) is 7.76. The maximum atomic E-state index is 13.2. The molecule has 4 aromatic rings. The fraction of sp³-hybridized carbons (Fsp3) is 0.333. The smallest absolute Gasteiger partial charge is 0.324 e. The van der Waals surface area contributed by atoms with Gasteiger partial charge in [0.15, 0.2) is 5.82 Å². The van der Waals surface area contributed by atoms with Crippen molar-refractivity contribution in [2.75, 3.05) is 23.7 Å². The second-order valence-corrected chi connectivity index (χ2v) is 11.5. The van der Waals surface area contributed by atoms with Crippen LogP contribution in [0.2, 0.25) is 10.0 Å². The molecule has 1 aliphatic heterocycles. The monoisotopic (exact) mass is 565 g/mol. The maximum absolute atomic E-state index is 13.2. The van der Waals surface area contributed by atoms with Crippen molar-refractivity contribution in [1.29, 1.82) is 0 Å². The Labute approximate surface area is 239 Å². The van der Waals surface area contributed by atoms with Crippen molar-refractivity contribution in [2.45, 2.75) is 51.9 Å². The number of carbonyl (C=O) groups excluding carboxylic acids is 1. The number of nitrogens with one attached hydrogen (secondary N) is 2. The van der Waals surface area contributed by atoms with Crippen LogP contribution in [0.25, 0.3) is 16.5 Å². The molecule has 0 spiro atoms. The van der Waals surface area contributed by atoms with E-state index >= 15 is 0 Å². The number of likely N-dealkylation sites (tertiary alicyclic amines) is 1. The third kappa shape index (κ3) is 6.23. The number of hydrogen-bond donors (Lipinski definition) is 2. The fourth-order valence-corrected chi connectivity index (χ4v) is 5.37. The second kappa shape index (κ2) is 11.6. The van der Waals surface area contributed by atoms with Crippen LogP contribution in [0.15, 0.2) is 66.7 Å². The summed E-state index contributed by atoms with van der Waals surface area (Å²) in [5.74, 6) is 0.375. The van der Waals surface area contributed by atoms with Crippen LogP contribution in [-0.4, -0.2) is 45.4 Å². The van der Waals surface area contributed by atoms with Crippen LogP contribution < -0.4 is 10.6 Å². The lowest BCUT2D eigenvalue weighted by Gasteiger charge is -2.40. The van der Waals surface area contributed by atoms with Gasteiger partial charge in [-0.05, 0) is 57.9 Å². The highest BCUT2D eigenvalue weighted by Gasteiger charge is 2.28. The number of aromatic nitrogens is 2. The third-order valence-electron chi connectivity index (χ3n) is 7.09. The molecule has 0 aliphatic carbocycles. The first-order chi connectivity index (χ1) is 18.7. The number of fused-ring (bicyclic) bond motifs is 1. The summed E-state index contributed by atoms with van der Waals surface area (Å²) in [6, 6.07) is 20.3. The summed E-state index contributed by atoms with van der Waals surface area (Å²) in [6.45, 7) is 8.97. The molecule has 1 fully saturated rings. The van der Waals surface area contributed by atoms with Gasteiger partial charge in [0, 0.05) is 34.4 Å². The van der Waals surface area contributed by atoms with Crippen molar-refractivity contribution in [3.63, 3.8) is 0 Å². The molecule has 1 saturated heterocycles. The second-order valence-electron chi connectivity index (χ2n) is 10.7. The van der Waals surface area contributed by atoms with E-state index in [1.807, 2.05) is 54.6 Å². The first kappa shape index (κ1) is 27.5. The molecule has 2 amide bonds. The quantitative estimate of drug-likeness (QED) is 0.250. The molecule has 0 atom stereocenters. The minimum atomic E-state index is -0.441. The summed E-state index contributed by atoms with van der Waals surface area (Å²) in [7, 11) is 0. The molecule has 0 bridgehead atoms. The van der Waals surface area contributed by atoms with Crippen molar-refractivity contribution in [3.8, 4) is 5.69 Å². The summed E-state index contributed by atoms with van der Waals surface area (Å²) < 4.78 is 7.89. The minimum Gasteiger partial charge on any atom is -0.372 e. The number of amides is 2. The maximum Gasteiger partial charge on any atom is 0.324 e. The first-order valence-corrected chi connectivity index (χ1v) is 13.9. The van der Waals surface area contributed by atoms with Crippen molar-refractivity contribution < 1.29 is 9.53 Å². The molecule has 0 radical (unpaired) electrons. The Morgan fingerprint density at radius 1 is 0.949 bits per heavy atom. The summed E-state index contributed by atoms with van der Waals surface area (Å²) in [4.78, 5) is 15.7. The largest absolute Gasteiger partial charge is 0.372 e. The lowest BCUT2D eigenvalue weighted by molar-refractivity contribution is -0.0219. The number of ether oxygens (including phenoxy) is 1. The Morgan fingerprint density at radius 3 is 2.31 bits per heavy atom. The molecule has 7 nitrogen and oxygen atoms in total. The molecule has 9 heteroatoms. The van der Waals surface area contributed by atoms with Crippen molar-refractivity contribution >= 4 is 51.5 Å². The molecule has 0 saturated carbocycles. The summed E-state index contributed by atoms with van der Waals surface area (Å²) in [6.07, 6.45) is 2.05. The van der Waals surface area contributed by atoms with E-state index in [4.69, 9.17) is 33.0 Å². The Balaban J connectivity index is 1.34. The van der Waals surface area contributed by atoms with E-state index in [9.17, 15) is 4.79 Å². The molecule has 2 N–H and O–H groups in total. The number of rotatable bonds is 6. The Morgan fingerprint density at radius 2 is 1.62 bits per heavy atom. The zero-order valence-electron chi connectivity index (χ0n) is 22.4. The highest BCUT2D eigenvalue weighted by Crippen LogP contribution is 2.32. The third-order valence-corrected chi connectivity index (χ3v) is 7.82. The number of carbonyl (C=O) groups is 1. The van der Waals surface area contributed by atoms with E-state index in [1.54, 1.807) is 16.8 Å². The molecule has 0 unspecified atom stereocenters. The summed E-state index contributed by atoms with van der Waals surface area (Å²) >= 11 is 13.2. The number of hydrogen-bond acceptors (Lipinski definition) is 4. The summed E-state index contributed by atoms with van der Waals surface area (Å²) in [5, 5.41) is 13.2. The molecule has 5 rings (SSSR count). The van der Waals surface area contributed by atoms with Crippen molar-refractivity contribution in [2.24, 2.45) is 0 Å². The molecule has 39 heavy (non-hydrogen) atoms. The van der Waals surface area contributed by atoms with Gasteiger partial charge < -0.3 is 10.1 Å². The van der Waals surface area contributed by atoms with Gasteiger partial charge in [0.05, 0.1) is 24.1 Å². The molecule has 3 aromatic carbocycles. The van der Waals surface area contributed by atoms with E-state index in [-0.39, 0.29) is 18.2 Å². The van der Waals surface area contributed by atoms with Gasteiger partial charge >= 0.3 is 6.03 Å².